The van der Waals surface area contributed by atoms with Gasteiger partial charge in [-0.05, 0) is 57.7 Å². The lowest BCUT2D eigenvalue weighted by atomic mass is 9.85. The largest absolute Gasteiger partial charge is 0.382 e. The minimum Gasteiger partial charge on any atom is -0.382 e. The zero-order valence-corrected chi connectivity index (χ0v) is 24.6. The number of aromatic nitrogens is 5. The summed E-state index contributed by atoms with van der Waals surface area (Å²) in [5.41, 5.74) is 10.2. The second-order valence-corrected chi connectivity index (χ2v) is 10.3. The van der Waals surface area contributed by atoms with E-state index >= 15 is 0 Å². The molecule has 41 heavy (non-hydrogen) atoms. The summed E-state index contributed by atoms with van der Waals surface area (Å²) in [4.78, 5) is 17.9. The van der Waals surface area contributed by atoms with E-state index in [1.807, 2.05) is 48.1 Å². The molecule has 0 aliphatic heterocycles. The molecule has 2 heterocycles. The van der Waals surface area contributed by atoms with Crippen LogP contribution in [0.3, 0.4) is 0 Å². The fraction of sp³-hybridized carbons (Fsp3) is 0.438. The van der Waals surface area contributed by atoms with Crippen molar-refractivity contribution in [1.29, 1.82) is 0 Å². The molecular formula is C32H44N6O3. The van der Waals surface area contributed by atoms with Crippen LogP contribution in [0.5, 0.6) is 0 Å². The van der Waals surface area contributed by atoms with E-state index in [2.05, 4.69) is 28.8 Å². The maximum absolute atomic E-state index is 13.1. The highest BCUT2D eigenvalue weighted by Gasteiger charge is 2.30. The minimum atomic E-state index is -0.336. The molecule has 9 heteroatoms. The van der Waals surface area contributed by atoms with Gasteiger partial charge in [-0.1, -0.05) is 37.1 Å². The van der Waals surface area contributed by atoms with Gasteiger partial charge in [-0.2, -0.15) is 10.2 Å². The maximum Gasteiger partial charge on any atom is 0.167 e. The van der Waals surface area contributed by atoms with E-state index in [9.17, 15) is 4.79 Å². The van der Waals surface area contributed by atoms with Gasteiger partial charge in [0, 0.05) is 43.2 Å². The van der Waals surface area contributed by atoms with E-state index in [0.717, 1.165) is 54.5 Å². The highest BCUT2D eigenvalue weighted by Crippen LogP contribution is 2.32. The van der Waals surface area contributed by atoms with Crippen molar-refractivity contribution in [1.82, 2.24) is 25.0 Å². The molecule has 0 saturated carbocycles. The number of Topliss-reactive ketones (excluding diaryl/α,β-unsaturated/α-hetero) is 1. The normalized spacial score (nSPS) is 12.5. The fourth-order valence-electron chi connectivity index (χ4n) is 5.01. The van der Waals surface area contributed by atoms with Crippen molar-refractivity contribution in [2.24, 2.45) is 5.73 Å². The van der Waals surface area contributed by atoms with Crippen molar-refractivity contribution in [2.45, 2.75) is 64.4 Å². The highest BCUT2D eigenvalue weighted by atomic mass is 16.5. The Morgan fingerprint density at radius 1 is 1.12 bits per heavy atom. The molecule has 2 aromatic heterocycles. The lowest BCUT2D eigenvalue weighted by Gasteiger charge is -2.34. The van der Waals surface area contributed by atoms with Gasteiger partial charge < -0.3 is 15.2 Å². The van der Waals surface area contributed by atoms with E-state index in [-0.39, 0.29) is 24.3 Å². The second-order valence-electron chi connectivity index (χ2n) is 10.3. The number of methoxy groups -OCH3 is 1. The number of nitrogens with one attached hydrogen (secondary N) is 1. The summed E-state index contributed by atoms with van der Waals surface area (Å²) >= 11 is 0. The summed E-state index contributed by atoms with van der Waals surface area (Å²) in [6, 6.07) is 9.89. The van der Waals surface area contributed by atoms with Crippen LogP contribution in [-0.2, 0) is 15.9 Å². The third-order valence-electron chi connectivity index (χ3n) is 6.84. The third kappa shape index (κ3) is 9.74. The monoisotopic (exact) mass is 560 g/mol. The smallest absolute Gasteiger partial charge is 0.167 e. The average Bonchev–Trinajstić information content (AvgIpc) is 3.47. The van der Waals surface area contributed by atoms with E-state index in [1.165, 1.54) is 0 Å². The van der Waals surface area contributed by atoms with Gasteiger partial charge in [0.15, 0.2) is 5.78 Å². The standard InChI is InChI=1S/C32H44N6O3/c1-5-14-32(19-25(2)3,41-18-17-40-4)15-9-12-30-29(31(39)13-16-33)23-36-35-21-26(20-34-30)27-22-37-38(24-27)28-10-7-6-8-11-28/h6-8,10-11,20-24,36H,2,5,9,12-19,33H2,1,3-4H3. The molecular weight excluding hydrogens is 516 g/mol. The molecule has 3 N–H and O–H groups in total. The lowest BCUT2D eigenvalue weighted by Crippen LogP contribution is -2.34. The molecule has 0 aliphatic rings. The van der Waals surface area contributed by atoms with E-state index in [1.54, 1.807) is 31.9 Å². The predicted molar refractivity (Wildman–Crippen MR) is 162 cm³/mol. The molecule has 220 valence electrons. The van der Waals surface area contributed by atoms with E-state index in [4.69, 9.17) is 20.2 Å². The molecule has 1 aromatic carbocycles. The summed E-state index contributed by atoms with van der Waals surface area (Å²) < 4.78 is 13.5. The van der Waals surface area contributed by atoms with Crippen molar-refractivity contribution in [3.05, 3.63) is 84.7 Å². The zero-order valence-electron chi connectivity index (χ0n) is 24.6. The zero-order chi connectivity index (χ0) is 29.5. The van der Waals surface area contributed by atoms with Crippen LogP contribution in [0, 0.1) is 0 Å². The summed E-state index contributed by atoms with van der Waals surface area (Å²) in [6.45, 7) is 9.68. The van der Waals surface area contributed by atoms with Crippen molar-refractivity contribution in [3.63, 3.8) is 0 Å². The summed E-state index contributed by atoms with van der Waals surface area (Å²) in [6.07, 6.45) is 13.9. The lowest BCUT2D eigenvalue weighted by molar-refractivity contribution is -0.0743. The quantitative estimate of drug-likeness (QED) is 0.121. The fourth-order valence-corrected chi connectivity index (χ4v) is 5.01. The van der Waals surface area contributed by atoms with Gasteiger partial charge in [0.25, 0.3) is 0 Å². The highest BCUT2D eigenvalue weighted by molar-refractivity contribution is 5.96. The topological polar surface area (TPSA) is 121 Å². The Balaban J connectivity index is 1.94. The average molecular weight is 561 g/mol. The number of nitrogens with two attached hydrogens (primary N) is 1. The van der Waals surface area contributed by atoms with Crippen LogP contribution in [0.25, 0.3) is 16.8 Å². The van der Waals surface area contributed by atoms with Crippen LogP contribution in [-0.4, -0.2) is 63.2 Å². The molecule has 0 fully saturated rings. The van der Waals surface area contributed by atoms with E-state index < -0.39 is 0 Å². The Hall–Kier alpha value is -3.66. The van der Waals surface area contributed by atoms with Gasteiger partial charge in [0.05, 0.1) is 48.2 Å². The molecule has 0 saturated heterocycles. The molecule has 1 unspecified atom stereocenters. The number of nitrogens with zero attached hydrogens (tertiary/aromatic N) is 4. The predicted octanol–water partition coefficient (Wildman–Crippen LogP) is 5.80. The maximum atomic E-state index is 13.1. The molecule has 0 radical (unpaired) electrons. The van der Waals surface area contributed by atoms with Crippen molar-refractivity contribution in [2.75, 3.05) is 26.9 Å². The van der Waals surface area contributed by atoms with Gasteiger partial charge in [-0.15, -0.1) is 6.58 Å². The number of para-hydroxylation sites is 1. The molecule has 3 rings (SSSR count). The molecule has 0 spiro atoms. The van der Waals surface area contributed by atoms with Crippen molar-refractivity contribution in [3.8, 4) is 16.8 Å². The Kier molecular flexibility index (Phi) is 12.9. The number of carbonyl (C=O) groups is 1. The van der Waals surface area contributed by atoms with Crippen LogP contribution in [0.2, 0.25) is 0 Å². The first-order valence-corrected chi connectivity index (χ1v) is 14.3. The number of aryl methyl sites for hydroxylation is 1. The number of rotatable bonds is 17. The SMILES string of the molecule is C=C(C)CC(CCC)(CCCc1ncc(-c2cnn(-c3ccccc3)c2)cn[nH]cc1C(=O)CCN)OCCOC. The minimum absolute atomic E-state index is 0.0687. The molecule has 9 nitrogen and oxygen atoms in total. The van der Waals surface area contributed by atoms with Crippen LogP contribution in [0.1, 0.15) is 68.4 Å². The number of benzene rings is 1. The molecule has 0 bridgehead atoms. The second kappa shape index (κ2) is 16.6. The Morgan fingerprint density at radius 2 is 1.93 bits per heavy atom. The number of hydrogen-bond donors (Lipinski definition) is 2. The number of H-pyrrole nitrogens is 1. The Morgan fingerprint density at radius 3 is 2.63 bits per heavy atom. The number of aromatic amines is 1. The van der Waals surface area contributed by atoms with Crippen LogP contribution < -0.4 is 5.73 Å². The van der Waals surface area contributed by atoms with Crippen LogP contribution in [0.4, 0.5) is 0 Å². The molecule has 0 aliphatic carbocycles. The van der Waals surface area contributed by atoms with Crippen molar-refractivity contribution >= 4 is 5.78 Å². The Labute approximate surface area is 243 Å². The van der Waals surface area contributed by atoms with Gasteiger partial charge in [-0.3, -0.25) is 14.9 Å². The van der Waals surface area contributed by atoms with Gasteiger partial charge in [-0.25, -0.2) is 4.68 Å². The van der Waals surface area contributed by atoms with Crippen LogP contribution in [0.15, 0.2) is 73.5 Å². The molecule has 3 aromatic rings. The summed E-state index contributed by atoms with van der Waals surface area (Å²) in [5.74, 6) is -0.0687. The number of carbonyl (C=O) groups excluding carboxylic acids is 1. The number of ether oxygens (including phenoxy) is 2. The van der Waals surface area contributed by atoms with Crippen molar-refractivity contribution < 1.29 is 14.3 Å². The first-order valence-electron chi connectivity index (χ1n) is 14.3. The number of ketones is 1. The van der Waals surface area contributed by atoms with Gasteiger partial charge >= 0.3 is 0 Å². The number of hydrogen-bond acceptors (Lipinski definition) is 7. The molecule has 0 amide bonds. The first kappa shape index (κ1) is 31.9. The summed E-state index contributed by atoms with van der Waals surface area (Å²) in [5, 5.41) is 11.7. The third-order valence-corrected chi connectivity index (χ3v) is 6.84. The van der Waals surface area contributed by atoms with Gasteiger partial charge in [0.1, 0.15) is 0 Å². The first-order chi connectivity index (χ1) is 19.9. The van der Waals surface area contributed by atoms with E-state index in [0.29, 0.717) is 30.9 Å². The summed E-state index contributed by atoms with van der Waals surface area (Å²) in [7, 11) is 1.68. The van der Waals surface area contributed by atoms with Crippen LogP contribution >= 0.6 is 0 Å². The Bertz CT molecular complexity index is 1300. The molecule has 1 atom stereocenters. The van der Waals surface area contributed by atoms with Gasteiger partial charge in [0.2, 0.25) is 0 Å².